The van der Waals surface area contributed by atoms with Crippen LogP contribution in [-0.4, -0.2) is 54.7 Å². The van der Waals surface area contributed by atoms with E-state index in [4.69, 9.17) is 4.74 Å². The summed E-state index contributed by atoms with van der Waals surface area (Å²) in [5.74, 6) is -0.971. The van der Waals surface area contributed by atoms with E-state index in [0.717, 1.165) is 0 Å². The average Bonchev–Trinajstić information content (AvgIpc) is 2.99. The first-order chi connectivity index (χ1) is 9.79. The van der Waals surface area contributed by atoms with Crippen molar-refractivity contribution in [3.63, 3.8) is 0 Å². The number of fused-ring (bicyclic) bond motifs is 1. The van der Waals surface area contributed by atoms with Gasteiger partial charge in [0.2, 0.25) is 15.9 Å². The maximum atomic E-state index is 11.9. The Bertz CT molecular complexity index is 617. The van der Waals surface area contributed by atoms with Crippen molar-refractivity contribution >= 4 is 33.7 Å². The first kappa shape index (κ1) is 14.9. The molecule has 3 heterocycles. The molecule has 0 radical (unpaired) electrons. The summed E-state index contributed by atoms with van der Waals surface area (Å²) in [7, 11) is -3.28. The van der Waals surface area contributed by atoms with Gasteiger partial charge in [0, 0.05) is 16.1 Å². The Labute approximate surface area is 126 Å². The fourth-order valence-corrected chi connectivity index (χ4v) is 7.45. The maximum absolute atomic E-state index is 11.9. The van der Waals surface area contributed by atoms with Gasteiger partial charge in [0.1, 0.15) is 12.6 Å². The molecule has 3 aliphatic heterocycles. The molecular weight excluding hydrogens is 316 g/mol. The summed E-state index contributed by atoms with van der Waals surface area (Å²) in [6.45, 7) is 4.77. The molecular formula is C12H16N2O5S2. The second-order valence-electron chi connectivity index (χ2n) is 5.52. The minimum absolute atomic E-state index is 0.00978. The zero-order valence-corrected chi connectivity index (χ0v) is 13.0. The number of nitrogens with one attached hydrogen (secondary N) is 2. The Morgan fingerprint density at radius 1 is 1.48 bits per heavy atom. The molecule has 116 valence electrons. The van der Waals surface area contributed by atoms with Crippen LogP contribution in [0.1, 0.15) is 13.3 Å². The number of carbonyl (C=O) groups is 2. The van der Waals surface area contributed by atoms with Crippen LogP contribution in [-0.2, 0) is 24.3 Å². The minimum atomic E-state index is -3.28. The lowest BCUT2D eigenvalue weighted by molar-refractivity contribution is -0.150. The van der Waals surface area contributed by atoms with Crippen LogP contribution in [0.3, 0.4) is 0 Å². The highest BCUT2D eigenvalue weighted by molar-refractivity contribution is 8.03. The Hall–Kier alpha value is -1.06. The van der Waals surface area contributed by atoms with Crippen molar-refractivity contribution in [1.29, 1.82) is 0 Å². The van der Waals surface area contributed by atoms with Gasteiger partial charge in [-0.2, -0.15) is 0 Å². The summed E-state index contributed by atoms with van der Waals surface area (Å²) in [4.78, 5) is 23.1. The van der Waals surface area contributed by atoms with Gasteiger partial charge in [0.15, 0.2) is 0 Å². The summed E-state index contributed by atoms with van der Waals surface area (Å²) in [6.07, 6.45) is 0.0554. The number of sulfonamides is 1. The van der Waals surface area contributed by atoms with Crippen LogP contribution in [0.5, 0.6) is 0 Å². The van der Waals surface area contributed by atoms with Crippen LogP contribution >= 0.6 is 11.8 Å². The van der Waals surface area contributed by atoms with Gasteiger partial charge in [-0.1, -0.05) is 6.58 Å². The van der Waals surface area contributed by atoms with Crippen molar-refractivity contribution in [3.8, 4) is 0 Å². The zero-order valence-electron chi connectivity index (χ0n) is 11.4. The van der Waals surface area contributed by atoms with Gasteiger partial charge in [0.05, 0.1) is 11.3 Å². The van der Waals surface area contributed by atoms with Gasteiger partial charge in [-0.25, -0.2) is 13.1 Å². The van der Waals surface area contributed by atoms with Crippen LogP contribution < -0.4 is 10.0 Å². The number of carbonyl (C=O) groups excluding carboxylic acids is 2. The van der Waals surface area contributed by atoms with Crippen LogP contribution in [0, 0.1) is 0 Å². The highest BCUT2D eigenvalue weighted by Crippen LogP contribution is 2.53. The molecule has 5 atom stereocenters. The van der Waals surface area contributed by atoms with Crippen molar-refractivity contribution in [2.24, 2.45) is 0 Å². The summed E-state index contributed by atoms with van der Waals surface area (Å²) < 4.78 is 31.7. The molecule has 0 aromatic heterocycles. The summed E-state index contributed by atoms with van der Waals surface area (Å²) >= 11 is 1.57. The van der Waals surface area contributed by atoms with Crippen LogP contribution in [0.15, 0.2) is 12.2 Å². The predicted molar refractivity (Wildman–Crippen MR) is 77.1 cm³/mol. The number of hydrogen-bond donors (Lipinski definition) is 2. The van der Waals surface area contributed by atoms with E-state index in [-0.39, 0.29) is 28.3 Å². The van der Waals surface area contributed by atoms with Crippen molar-refractivity contribution in [2.45, 2.75) is 41.2 Å². The number of ether oxygens (including phenoxy) is 1. The third-order valence-corrected chi connectivity index (χ3v) is 7.79. The topological polar surface area (TPSA) is 102 Å². The Kier molecular flexibility index (Phi) is 3.53. The van der Waals surface area contributed by atoms with E-state index in [1.54, 1.807) is 18.7 Å². The van der Waals surface area contributed by atoms with E-state index in [9.17, 15) is 18.0 Å². The number of thioether (sulfide) groups is 1. The summed E-state index contributed by atoms with van der Waals surface area (Å²) in [5.41, 5.74) is 0.310. The lowest BCUT2D eigenvalue weighted by atomic mass is 9.93. The van der Waals surface area contributed by atoms with Crippen molar-refractivity contribution in [3.05, 3.63) is 12.2 Å². The van der Waals surface area contributed by atoms with Crippen LogP contribution in [0.25, 0.3) is 0 Å². The molecule has 5 unspecified atom stereocenters. The molecule has 0 aromatic carbocycles. The second-order valence-corrected chi connectivity index (χ2v) is 8.87. The van der Waals surface area contributed by atoms with E-state index in [1.165, 1.54) is 0 Å². The van der Waals surface area contributed by atoms with E-state index in [2.05, 4.69) is 16.6 Å². The standard InChI is InChI=1S/C12H16N2O5S2/c1-5(2)12(16)13-4-8(15)19-10-6-3-7-11(20-6)9(10)14-21(7,17)18/h6-7,9-11,14H,1,3-4H2,2H3,(H,13,16). The predicted octanol–water partition coefficient (Wildman–Crippen LogP) is -0.852. The van der Waals surface area contributed by atoms with Crippen LogP contribution in [0.2, 0.25) is 0 Å². The Morgan fingerprint density at radius 3 is 2.86 bits per heavy atom. The van der Waals surface area contributed by atoms with Gasteiger partial charge >= 0.3 is 5.97 Å². The van der Waals surface area contributed by atoms with Gasteiger partial charge in [-0.3, -0.25) is 9.59 Å². The van der Waals surface area contributed by atoms with Crippen molar-refractivity contribution in [1.82, 2.24) is 10.0 Å². The molecule has 0 aromatic rings. The van der Waals surface area contributed by atoms with Gasteiger partial charge in [-0.15, -0.1) is 11.8 Å². The van der Waals surface area contributed by atoms with E-state index >= 15 is 0 Å². The number of rotatable bonds is 4. The maximum Gasteiger partial charge on any atom is 0.325 e. The normalized spacial score (nSPS) is 38.2. The van der Waals surface area contributed by atoms with Crippen molar-refractivity contribution < 1.29 is 22.7 Å². The Morgan fingerprint density at radius 2 is 2.19 bits per heavy atom. The van der Waals surface area contributed by atoms with Crippen molar-refractivity contribution in [2.75, 3.05) is 6.54 Å². The number of amides is 1. The van der Waals surface area contributed by atoms with E-state index < -0.39 is 28.0 Å². The minimum Gasteiger partial charge on any atom is -0.458 e. The quantitative estimate of drug-likeness (QED) is 0.514. The molecule has 21 heavy (non-hydrogen) atoms. The molecule has 3 saturated heterocycles. The fraction of sp³-hybridized carbons (Fsp3) is 0.667. The molecule has 3 fully saturated rings. The van der Waals surface area contributed by atoms with E-state index in [0.29, 0.717) is 12.0 Å². The monoisotopic (exact) mass is 332 g/mol. The molecule has 0 spiro atoms. The first-order valence-corrected chi connectivity index (χ1v) is 9.08. The lowest BCUT2D eigenvalue weighted by Crippen LogP contribution is -2.46. The molecule has 0 saturated carbocycles. The smallest absolute Gasteiger partial charge is 0.325 e. The highest BCUT2D eigenvalue weighted by atomic mass is 32.2. The van der Waals surface area contributed by atoms with Crippen LogP contribution in [0.4, 0.5) is 0 Å². The molecule has 2 bridgehead atoms. The Balaban J connectivity index is 1.59. The highest BCUT2D eigenvalue weighted by Gasteiger charge is 2.64. The average molecular weight is 332 g/mol. The number of esters is 1. The van der Waals surface area contributed by atoms with Gasteiger partial charge < -0.3 is 10.1 Å². The fourth-order valence-electron chi connectivity index (χ4n) is 3.01. The van der Waals surface area contributed by atoms with E-state index in [1.807, 2.05) is 0 Å². The molecule has 3 rings (SSSR count). The lowest BCUT2D eigenvalue weighted by Gasteiger charge is -2.24. The molecule has 7 nitrogen and oxygen atoms in total. The van der Waals surface area contributed by atoms with Gasteiger partial charge in [-0.05, 0) is 13.3 Å². The molecule has 0 aliphatic carbocycles. The zero-order chi connectivity index (χ0) is 15.4. The molecule has 2 N–H and O–H groups in total. The molecule has 9 heteroatoms. The third-order valence-electron chi connectivity index (χ3n) is 3.98. The SMILES string of the molecule is C=C(C)C(=O)NCC(=O)OC1C2CC3C(S2)C1NS3(=O)=O. The molecule has 1 amide bonds. The largest absolute Gasteiger partial charge is 0.458 e. The van der Waals surface area contributed by atoms with Gasteiger partial charge in [0.25, 0.3) is 0 Å². The first-order valence-electron chi connectivity index (χ1n) is 6.59. The molecule has 3 aliphatic rings. The third kappa shape index (κ3) is 2.47. The second kappa shape index (κ2) is 4.99. The summed E-state index contributed by atoms with van der Waals surface area (Å²) in [6, 6.07) is -0.343. The number of hydrogen-bond acceptors (Lipinski definition) is 6. The summed E-state index contributed by atoms with van der Waals surface area (Å²) in [5, 5.41) is 2.01.